The summed E-state index contributed by atoms with van der Waals surface area (Å²) in [5.74, 6) is -1.11. The minimum Gasteiger partial charge on any atom is -0.496 e. The summed E-state index contributed by atoms with van der Waals surface area (Å²) in [6.07, 6.45) is -4.87. The van der Waals surface area contributed by atoms with Gasteiger partial charge in [0.05, 0.1) is 23.9 Å². The molecule has 0 aliphatic carbocycles. The summed E-state index contributed by atoms with van der Waals surface area (Å²) in [7, 11) is 1.54. The summed E-state index contributed by atoms with van der Waals surface area (Å²) >= 11 is 0. The van der Waals surface area contributed by atoms with Crippen molar-refractivity contribution in [3.63, 3.8) is 0 Å². The molecule has 0 saturated heterocycles. The molecule has 0 fully saturated rings. The van der Waals surface area contributed by atoms with Crippen LogP contribution < -0.4 is 9.47 Å². The third kappa shape index (κ3) is 3.94. The van der Waals surface area contributed by atoms with Crippen molar-refractivity contribution in [1.29, 1.82) is 0 Å². The number of ether oxygens (including phenoxy) is 2. The monoisotopic (exact) mass is 377 g/mol. The van der Waals surface area contributed by atoms with Gasteiger partial charge in [-0.15, -0.1) is 13.2 Å². The number of hydrogen-bond donors (Lipinski definition) is 1. The molecule has 0 unspecified atom stereocenters. The number of rotatable bonds is 4. The van der Waals surface area contributed by atoms with Crippen molar-refractivity contribution < 1.29 is 32.5 Å². The van der Waals surface area contributed by atoms with E-state index >= 15 is 0 Å². The molecule has 1 aromatic heterocycles. The van der Waals surface area contributed by atoms with E-state index in [1.165, 1.54) is 12.1 Å². The molecule has 3 aromatic rings. The third-order valence-corrected chi connectivity index (χ3v) is 3.93. The molecule has 0 aliphatic heterocycles. The number of carboxylic acid groups (broad SMARTS) is 1. The fourth-order valence-corrected chi connectivity index (χ4v) is 2.76. The van der Waals surface area contributed by atoms with Crippen LogP contribution in [0.25, 0.3) is 22.2 Å². The molecule has 2 aromatic carbocycles. The third-order valence-electron chi connectivity index (χ3n) is 3.93. The zero-order valence-corrected chi connectivity index (χ0v) is 14.3. The number of nitrogens with zero attached hydrogens (tertiary/aromatic N) is 1. The lowest BCUT2D eigenvalue weighted by atomic mass is 10.0. The first-order chi connectivity index (χ1) is 12.7. The SMILES string of the molecule is COc1ccc(-c2cc(C(=O)O)c3cc(OC(F)(F)F)ccc3n2)cc1C. The van der Waals surface area contributed by atoms with E-state index in [9.17, 15) is 23.1 Å². The number of fused-ring (bicyclic) bond motifs is 1. The summed E-state index contributed by atoms with van der Waals surface area (Å²) in [6.45, 7) is 1.84. The lowest BCUT2D eigenvalue weighted by Crippen LogP contribution is -2.17. The number of carboxylic acids is 1. The van der Waals surface area contributed by atoms with Crippen LogP contribution in [0.1, 0.15) is 15.9 Å². The van der Waals surface area contributed by atoms with Crippen molar-refractivity contribution in [2.45, 2.75) is 13.3 Å². The van der Waals surface area contributed by atoms with Crippen LogP contribution in [0.3, 0.4) is 0 Å². The van der Waals surface area contributed by atoms with E-state index in [0.29, 0.717) is 17.0 Å². The van der Waals surface area contributed by atoms with Gasteiger partial charge in [0.1, 0.15) is 11.5 Å². The molecule has 0 saturated carbocycles. The van der Waals surface area contributed by atoms with Gasteiger partial charge in [0, 0.05) is 10.9 Å². The van der Waals surface area contributed by atoms with Crippen LogP contribution in [0.2, 0.25) is 0 Å². The Bertz CT molecular complexity index is 1030. The number of aromatic nitrogens is 1. The van der Waals surface area contributed by atoms with Crippen molar-refractivity contribution in [2.75, 3.05) is 7.11 Å². The summed E-state index contributed by atoms with van der Waals surface area (Å²) in [4.78, 5) is 16.0. The Kier molecular flexibility index (Phi) is 4.65. The van der Waals surface area contributed by atoms with Gasteiger partial charge in [-0.1, -0.05) is 0 Å². The van der Waals surface area contributed by atoms with Gasteiger partial charge in [0.2, 0.25) is 0 Å². The molecule has 8 heteroatoms. The molecule has 0 amide bonds. The Balaban J connectivity index is 2.15. The Labute approximate surface area is 152 Å². The fraction of sp³-hybridized carbons (Fsp3) is 0.158. The van der Waals surface area contributed by atoms with Crippen LogP contribution in [0.4, 0.5) is 13.2 Å². The number of aryl methyl sites for hydroxylation is 1. The van der Waals surface area contributed by atoms with Gasteiger partial charge >= 0.3 is 12.3 Å². The van der Waals surface area contributed by atoms with Crippen LogP contribution >= 0.6 is 0 Å². The van der Waals surface area contributed by atoms with E-state index in [2.05, 4.69) is 9.72 Å². The van der Waals surface area contributed by atoms with E-state index in [4.69, 9.17) is 4.74 Å². The first-order valence-corrected chi connectivity index (χ1v) is 7.77. The highest BCUT2D eigenvalue weighted by atomic mass is 19.4. The first kappa shape index (κ1) is 18.5. The highest BCUT2D eigenvalue weighted by Gasteiger charge is 2.31. The van der Waals surface area contributed by atoms with E-state index in [1.807, 2.05) is 6.92 Å². The van der Waals surface area contributed by atoms with Crippen LogP contribution in [0, 0.1) is 6.92 Å². The first-order valence-electron chi connectivity index (χ1n) is 7.77. The predicted molar refractivity (Wildman–Crippen MR) is 92.1 cm³/mol. The summed E-state index contributed by atoms with van der Waals surface area (Å²) in [5.41, 5.74) is 1.95. The van der Waals surface area contributed by atoms with E-state index < -0.39 is 18.1 Å². The molecule has 0 atom stereocenters. The molecule has 140 valence electrons. The topological polar surface area (TPSA) is 68.7 Å². The van der Waals surface area contributed by atoms with E-state index in [-0.39, 0.29) is 16.5 Å². The molecule has 0 radical (unpaired) electrons. The van der Waals surface area contributed by atoms with Crippen molar-refractivity contribution in [1.82, 2.24) is 4.98 Å². The van der Waals surface area contributed by atoms with Gasteiger partial charge in [-0.2, -0.15) is 0 Å². The number of aromatic carboxylic acids is 1. The average Bonchev–Trinajstić information content (AvgIpc) is 2.59. The second-order valence-electron chi connectivity index (χ2n) is 5.77. The largest absolute Gasteiger partial charge is 0.573 e. The van der Waals surface area contributed by atoms with Crippen molar-refractivity contribution in [3.05, 3.63) is 53.6 Å². The summed E-state index contributed by atoms with van der Waals surface area (Å²) in [6, 6.07) is 9.98. The van der Waals surface area contributed by atoms with Crippen LogP contribution in [-0.4, -0.2) is 29.5 Å². The summed E-state index contributed by atoms with van der Waals surface area (Å²) < 4.78 is 46.3. The Morgan fingerprint density at radius 1 is 1.11 bits per heavy atom. The van der Waals surface area contributed by atoms with Gasteiger partial charge in [-0.25, -0.2) is 9.78 Å². The van der Waals surface area contributed by atoms with Gasteiger partial charge in [0.25, 0.3) is 0 Å². The van der Waals surface area contributed by atoms with Crippen LogP contribution in [-0.2, 0) is 0 Å². The predicted octanol–water partition coefficient (Wildman–Crippen LogP) is 4.82. The number of carbonyl (C=O) groups is 1. The van der Waals surface area contributed by atoms with E-state index in [1.54, 1.807) is 25.3 Å². The highest BCUT2D eigenvalue weighted by Crippen LogP contribution is 2.31. The minimum absolute atomic E-state index is 0.0539. The second-order valence-corrected chi connectivity index (χ2v) is 5.77. The number of alkyl halides is 3. The second kappa shape index (κ2) is 6.79. The molecule has 3 rings (SSSR count). The number of halogens is 3. The maximum Gasteiger partial charge on any atom is 0.573 e. The Morgan fingerprint density at radius 2 is 1.85 bits per heavy atom. The molecule has 0 spiro atoms. The Morgan fingerprint density at radius 3 is 2.44 bits per heavy atom. The molecule has 27 heavy (non-hydrogen) atoms. The molecule has 1 heterocycles. The average molecular weight is 377 g/mol. The normalized spacial score (nSPS) is 11.4. The van der Waals surface area contributed by atoms with E-state index in [0.717, 1.165) is 17.7 Å². The van der Waals surface area contributed by atoms with Gasteiger partial charge in [-0.05, 0) is 55.0 Å². The van der Waals surface area contributed by atoms with Gasteiger partial charge in [0.15, 0.2) is 0 Å². The smallest absolute Gasteiger partial charge is 0.496 e. The van der Waals surface area contributed by atoms with Gasteiger partial charge in [-0.3, -0.25) is 0 Å². The number of pyridine rings is 1. The minimum atomic E-state index is -4.87. The molecular weight excluding hydrogens is 363 g/mol. The standard InChI is InChI=1S/C19H14F3NO4/c1-10-7-11(3-6-17(10)26-2)16-9-14(18(24)25)13-8-12(27-19(20,21)22)4-5-15(13)23-16/h3-9H,1-2H3,(H,24,25). The van der Waals surface area contributed by atoms with Crippen LogP contribution in [0.15, 0.2) is 42.5 Å². The maximum absolute atomic E-state index is 12.4. The zero-order chi connectivity index (χ0) is 19.8. The maximum atomic E-state index is 12.4. The van der Waals surface area contributed by atoms with Crippen molar-refractivity contribution >= 4 is 16.9 Å². The lowest BCUT2D eigenvalue weighted by Gasteiger charge is -2.12. The molecular formula is C19H14F3NO4. The number of methoxy groups -OCH3 is 1. The molecule has 1 N–H and O–H groups in total. The molecule has 5 nitrogen and oxygen atoms in total. The number of hydrogen-bond acceptors (Lipinski definition) is 4. The van der Waals surface area contributed by atoms with Crippen molar-refractivity contribution in [2.24, 2.45) is 0 Å². The quantitative estimate of drug-likeness (QED) is 0.706. The molecule has 0 bridgehead atoms. The zero-order valence-electron chi connectivity index (χ0n) is 14.3. The van der Waals surface area contributed by atoms with Crippen LogP contribution in [0.5, 0.6) is 11.5 Å². The highest BCUT2D eigenvalue weighted by molar-refractivity contribution is 6.04. The summed E-state index contributed by atoms with van der Waals surface area (Å²) in [5, 5.41) is 9.56. The van der Waals surface area contributed by atoms with Crippen molar-refractivity contribution in [3.8, 4) is 22.8 Å². The molecule has 0 aliphatic rings. The Hall–Kier alpha value is -3.29. The lowest BCUT2D eigenvalue weighted by molar-refractivity contribution is -0.274. The number of benzene rings is 2. The van der Waals surface area contributed by atoms with Gasteiger partial charge < -0.3 is 14.6 Å². The fourth-order valence-electron chi connectivity index (χ4n) is 2.76.